The summed E-state index contributed by atoms with van der Waals surface area (Å²) >= 11 is 1.96. The fraction of sp³-hybridized carbons (Fsp3) is 1.00. The zero-order valence-electron chi connectivity index (χ0n) is 10.2. The lowest BCUT2D eigenvalue weighted by molar-refractivity contribution is 0.382. The van der Waals surface area contributed by atoms with E-state index < -0.39 is 9.84 Å². The van der Waals surface area contributed by atoms with Gasteiger partial charge in [-0.25, -0.2) is 8.42 Å². The van der Waals surface area contributed by atoms with E-state index in [-0.39, 0.29) is 0 Å². The average Bonchev–Trinajstić information content (AvgIpc) is 2.23. The molecule has 2 atom stereocenters. The van der Waals surface area contributed by atoms with Crippen LogP contribution in [0.15, 0.2) is 0 Å². The predicted octanol–water partition coefficient (Wildman–Crippen LogP) is 1.68. The maximum Gasteiger partial charge on any atom is 0.147 e. The molecule has 0 spiro atoms. The Morgan fingerprint density at radius 2 is 2.12 bits per heavy atom. The minimum Gasteiger partial charge on any atom is -0.314 e. The van der Waals surface area contributed by atoms with Crippen LogP contribution < -0.4 is 5.32 Å². The van der Waals surface area contributed by atoms with Crippen molar-refractivity contribution in [1.29, 1.82) is 0 Å². The highest BCUT2D eigenvalue weighted by Gasteiger charge is 2.20. The van der Waals surface area contributed by atoms with Crippen LogP contribution in [0.1, 0.15) is 32.1 Å². The van der Waals surface area contributed by atoms with Gasteiger partial charge in [0.15, 0.2) is 0 Å². The van der Waals surface area contributed by atoms with Gasteiger partial charge in [0.05, 0.1) is 5.75 Å². The second-order valence-corrected chi connectivity index (χ2v) is 8.06. The number of sulfone groups is 1. The van der Waals surface area contributed by atoms with E-state index in [4.69, 9.17) is 0 Å². The van der Waals surface area contributed by atoms with Crippen molar-refractivity contribution >= 4 is 21.6 Å². The number of hydrogen-bond donors (Lipinski definition) is 1. The fourth-order valence-corrected chi connectivity index (χ4v) is 3.68. The molecule has 3 nitrogen and oxygen atoms in total. The molecule has 0 bridgehead atoms. The van der Waals surface area contributed by atoms with Crippen molar-refractivity contribution < 1.29 is 8.42 Å². The van der Waals surface area contributed by atoms with Crippen molar-refractivity contribution in [3.63, 3.8) is 0 Å². The van der Waals surface area contributed by atoms with E-state index in [0.29, 0.717) is 11.8 Å². The van der Waals surface area contributed by atoms with E-state index in [9.17, 15) is 8.42 Å². The van der Waals surface area contributed by atoms with E-state index in [1.807, 2.05) is 11.8 Å². The number of nitrogens with one attached hydrogen (secondary N) is 1. The van der Waals surface area contributed by atoms with Crippen LogP contribution in [0, 0.1) is 0 Å². The Balaban J connectivity index is 2.13. The van der Waals surface area contributed by atoms with Crippen LogP contribution in [-0.2, 0) is 9.84 Å². The molecule has 1 aliphatic carbocycles. The second-order valence-electron chi connectivity index (χ2n) is 4.66. The Kier molecular flexibility index (Phi) is 6.15. The number of thioether (sulfide) groups is 1. The molecule has 0 aliphatic heterocycles. The van der Waals surface area contributed by atoms with Crippen molar-refractivity contribution in [3.05, 3.63) is 0 Å². The molecule has 1 rings (SSSR count). The van der Waals surface area contributed by atoms with Crippen LogP contribution in [0.2, 0.25) is 0 Å². The normalized spacial score (nSPS) is 26.9. The highest BCUT2D eigenvalue weighted by molar-refractivity contribution is 7.99. The number of rotatable bonds is 6. The van der Waals surface area contributed by atoms with Gasteiger partial charge in [-0.3, -0.25) is 0 Å². The molecule has 1 N–H and O–H groups in total. The van der Waals surface area contributed by atoms with Crippen LogP contribution in [0.5, 0.6) is 0 Å². The van der Waals surface area contributed by atoms with Crippen molar-refractivity contribution in [2.24, 2.45) is 0 Å². The van der Waals surface area contributed by atoms with Gasteiger partial charge in [-0.05, 0) is 38.5 Å². The highest BCUT2D eigenvalue weighted by Crippen LogP contribution is 2.26. The summed E-state index contributed by atoms with van der Waals surface area (Å²) in [6.07, 6.45) is 9.33. The first-order valence-corrected chi connectivity index (χ1v) is 9.30. The van der Waals surface area contributed by atoms with Gasteiger partial charge in [0.2, 0.25) is 0 Å². The first-order valence-electron chi connectivity index (χ1n) is 5.95. The molecule has 0 aromatic carbocycles. The molecular formula is C11H23NO2S2. The summed E-state index contributed by atoms with van der Waals surface area (Å²) in [5, 5.41) is 4.27. The van der Waals surface area contributed by atoms with Gasteiger partial charge in [0, 0.05) is 17.5 Å². The Bertz CT molecular complexity index is 290. The molecule has 0 saturated heterocycles. The summed E-state index contributed by atoms with van der Waals surface area (Å²) in [4.78, 5) is 0. The van der Waals surface area contributed by atoms with E-state index >= 15 is 0 Å². The second kappa shape index (κ2) is 6.87. The minimum absolute atomic E-state index is 0.304. The fourth-order valence-electron chi connectivity index (χ4n) is 2.18. The quantitative estimate of drug-likeness (QED) is 0.742. The van der Waals surface area contributed by atoms with Crippen molar-refractivity contribution in [2.45, 2.75) is 43.4 Å². The zero-order valence-corrected chi connectivity index (χ0v) is 11.9. The highest BCUT2D eigenvalue weighted by atomic mass is 32.2. The molecule has 0 amide bonds. The van der Waals surface area contributed by atoms with Gasteiger partial charge >= 0.3 is 0 Å². The SMILES string of the molecule is CSC1CCCC(NCCCS(C)(=O)=O)C1. The lowest BCUT2D eigenvalue weighted by Crippen LogP contribution is -2.36. The van der Waals surface area contributed by atoms with Crippen LogP contribution in [0.4, 0.5) is 0 Å². The lowest BCUT2D eigenvalue weighted by Gasteiger charge is -2.28. The summed E-state index contributed by atoms with van der Waals surface area (Å²) < 4.78 is 21.9. The maximum atomic E-state index is 10.9. The Morgan fingerprint density at radius 3 is 2.75 bits per heavy atom. The summed E-state index contributed by atoms with van der Waals surface area (Å²) in [5.41, 5.74) is 0. The van der Waals surface area contributed by atoms with Crippen molar-refractivity contribution in [2.75, 3.05) is 24.8 Å². The van der Waals surface area contributed by atoms with E-state index in [0.717, 1.165) is 18.2 Å². The monoisotopic (exact) mass is 265 g/mol. The van der Waals surface area contributed by atoms with E-state index in [1.54, 1.807) is 0 Å². The van der Waals surface area contributed by atoms with Gasteiger partial charge in [0.25, 0.3) is 0 Å². The Morgan fingerprint density at radius 1 is 1.38 bits per heavy atom. The number of hydrogen-bond acceptors (Lipinski definition) is 4. The van der Waals surface area contributed by atoms with Gasteiger partial charge in [-0.2, -0.15) is 11.8 Å². The third-order valence-electron chi connectivity index (χ3n) is 3.08. The van der Waals surface area contributed by atoms with Crippen molar-refractivity contribution in [3.8, 4) is 0 Å². The predicted molar refractivity (Wildman–Crippen MR) is 71.9 cm³/mol. The largest absolute Gasteiger partial charge is 0.314 e. The standard InChI is InChI=1S/C11H23NO2S2/c1-15-11-6-3-5-10(9-11)12-7-4-8-16(2,13)14/h10-12H,3-9H2,1-2H3. The molecule has 0 radical (unpaired) electrons. The molecule has 0 aromatic rings. The molecule has 0 aromatic heterocycles. The van der Waals surface area contributed by atoms with Gasteiger partial charge < -0.3 is 5.32 Å². The Hall–Kier alpha value is 0.260. The summed E-state index contributed by atoms with van der Waals surface area (Å²) in [6, 6.07) is 0.603. The molecule has 1 fully saturated rings. The molecule has 96 valence electrons. The average molecular weight is 265 g/mol. The lowest BCUT2D eigenvalue weighted by atomic mass is 9.95. The van der Waals surface area contributed by atoms with Gasteiger partial charge in [-0.15, -0.1) is 0 Å². The van der Waals surface area contributed by atoms with Crippen molar-refractivity contribution in [1.82, 2.24) is 5.32 Å². The summed E-state index contributed by atoms with van der Waals surface area (Å²) in [7, 11) is -2.79. The van der Waals surface area contributed by atoms with Crippen LogP contribution in [-0.4, -0.2) is 44.5 Å². The molecule has 5 heteroatoms. The smallest absolute Gasteiger partial charge is 0.147 e. The van der Waals surface area contributed by atoms with Crippen LogP contribution >= 0.6 is 11.8 Å². The molecular weight excluding hydrogens is 242 g/mol. The minimum atomic E-state index is -2.79. The third-order valence-corrected chi connectivity index (χ3v) is 5.21. The van der Waals surface area contributed by atoms with E-state index in [2.05, 4.69) is 11.6 Å². The molecule has 0 heterocycles. The molecule has 2 unspecified atom stereocenters. The van der Waals surface area contributed by atoms with Crippen LogP contribution in [0.3, 0.4) is 0 Å². The summed E-state index contributed by atoms with van der Waals surface area (Å²) in [5.74, 6) is 0.304. The van der Waals surface area contributed by atoms with Gasteiger partial charge in [-0.1, -0.05) is 6.42 Å². The third kappa shape index (κ3) is 6.11. The Labute approximate surface area is 104 Å². The zero-order chi connectivity index (χ0) is 12.0. The van der Waals surface area contributed by atoms with Gasteiger partial charge in [0.1, 0.15) is 9.84 Å². The molecule has 1 saturated carbocycles. The van der Waals surface area contributed by atoms with Crippen LogP contribution in [0.25, 0.3) is 0 Å². The van der Waals surface area contributed by atoms with E-state index in [1.165, 1.54) is 31.9 Å². The first-order chi connectivity index (χ1) is 7.51. The maximum absolute atomic E-state index is 10.9. The first kappa shape index (κ1) is 14.3. The molecule has 16 heavy (non-hydrogen) atoms. The summed E-state index contributed by atoms with van der Waals surface area (Å²) in [6.45, 7) is 0.832. The molecule has 1 aliphatic rings. The topological polar surface area (TPSA) is 46.2 Å².